The van der Waals surface area contributed by atoms with Gasteiger partial charge in [0.2, 0.25) is 0 Å². The van der Waals surface area contributed by atoms with E-state index in [0.29, 0.717) is 23.2 Å². The van der Waals surface area contributed by atoms with Gasteiger partial charge in [0.05, 0.1) is 12.4 Å². The molecular formula is C22H32O4. The van der Waals surface area contributed by atoms with E-state index >= 15 is 0 Å². The number of hydrogen-bond donors (Lipinski definition) is 1. The van der Waals surface area contributed by atoms with Crippen molar-refractivity contribution >= 4 is 5.97 Å². The molecule has 4 heteroatoms. The Morgan fingerprint density at radius 2 is 2.12 bits per heavy atom. The third kappa shape index (κ3) is 2.20. The summed E-state index contributed by atoms with van der Waals surface area (Å²) in [5.74, 6) is 2.70. The average molecular weight is 360 g/mol. The summed E-state index contributed by atoms with van der Waals surface area (Å²) in [6.07, 6.45) is 10.2. The minimum absolute atomic E-state index is 0.185. The first-order valence-electron chi connectivity index (χ1n) is 10.6. The molecule has 0 aromatic carbocycles. The normalized spacial score (nSPS) is 49.1. The first-order valence-corrected chi connectivity index (χ1v) is 10.6. The second-order valence-electron chi connectivity index (χ2n) is 10.1. The van der Waals surface area contributed by atoms with Crippen LogP contribution in [-0.2, 0) is 14.3 Å². The molecule has 0 aromatic rings. The van der Waals surface area contributed by atoms with Crippen molar-refractivity contribution in [3.63, 3.8) is 0 Å². The highest BCUT2D eigenvalue weighted by atomic mass is 16.5. The van der Waals surface area contributed by atoms with Gasteiger partial charge in [0.25, 0.3) is 0 Å². The van der Waals surface area contributed by atoms with Crippen molar-refractivity contribution in [2.45, 2.75) is 77.2 Å². The molecule has 1 heterocycles. The van der Waals surface area contributed by atoms with E-state index in [4.69, 9.17) is 9.47 Å². The molecule has 6 atom stereocenters. The van der Waals surface area contributed by atoms with E-state index in [1.54, 1.807) is 5.57 Å². The predicted molar refractivity (Wildman–Crippen MR) is 97.1 cm³/mol. The number of carbonyl (C=O) groups is 1. The van der Waals surface area contributed by atoms with E-state index in [1.165, 1.54) is 38.4 Å². The number of hydrogen-bond acceptors (Lipinski definition) is 4. The van der Waals surface area contributed by atoms with Crippen LogP contribution in [0.25, 0.3) is 0 Å². The second-order valence-corrected chi connectivity index (χ2v) is 10.1. The molecule has 0 saturated heterocycles. The quantitative estimate of drug-likeness (QED) is 0.757. The number of aliphatic hydroxyl groups is 1. The van der Waals surface area contributed by atoms with E-state index in [1.807, 2.05) is 0 Å². The van der Waals surface area contributed by atoms with Crippen molar-refractivity contribution in [2.75, 3.05) is 13.2 Å². The lowest BCUT2D eigenvalue weighted by Gasteiger charge is -2.59. The molecule has 1 aliphatic heterocycles. The van der Waals surface area contributed by atoms with Crippen LogP contribution in [0.3, 0.4) is 0 Å². The summed E-state index contributed by atoms with van der Waals surface area (Å²) in [7, 11) is 0. The number of allylic oxidation sites excluding steroid dienone is 1. The summed E-state index contributed by atoms with van der Waals surface area (Å²) >= 11 is 0. The topological polar surface area (TPSA) is 55.8 Å². The van der Waals surface area contributed by atoms with Crippen molar-refractivity contribution in [3.8, 4) is 0 Å². The zero-order valence-electron chi connectivity index (χ0n) is 16.2. The van der Waals surface area contributed by atoms with E-state index in [2.05, 4.69) is 6.92 Å². The lowest BCUT2D eigenvalue weighted by Crippen LogP contribution is -2.52. The van der Waals surface area contributed by atoms with Gasteiger partial charge in [0.1, 0.15) is 12.2 Å². The van der Waals surface area contributed by atoms with E-state index in [9.17, 15) is 9.90 Å². The monoisotopic (exact) mass is 360 g/mol. The molecule has 4 nitrogen and oxygen atoms in total. The standard InChI is InChI=1S/C22H32O4/c1-14(23)26-13-22(24)12-21-9-5-17-16-7-10-25-18(16)6-8-20(17,2)19(21)4-3-15(22)11-21/h15,17,19,24H,3-13H2,1-2H3/t15?,17?,19?,20-,21+,22+/m1/s1. The number of rotatable bonds is 2. The Kier molecular flexibility index (Phi) is 3.61. The van der Waals surface area contributed by atoms with Crippen LogP contribution in [0.15, 0.2) is 11.3 Å². The number of carbonyl (C=O) groups excluding carboxylic acids is 1. The minimum Gasteiger partial charge on any atom is -0.498 e. The van der Waals surface area contributed by atoms with Crippen LogP contribution in [0.2, 0.25) is 0 Å². The van der Waals surface area contributed by atoms with E-state index in [0.717, 1.165) is 38.7 Å². The zero-order valence-corrected chi connectivity index (χ0v) is 16.2. The fourth-order valence-corrected chi connectivity index (χ4v) is 8.03. The molecule has 0 amide bonds. The summed E-state index contributed by atoms with van der Waals surface area (Å²) < 4.78 is 11.2. The molecule has 3 fully saturated rings. The van der Waals surface area contributed by atoms with Crippen molar-refractivity contribution in [1.29, 1.82) is 0 Å². The first-order chi connectivity index (χ1) is 12.4. The Morgan fingerprint density at radius 3 is 2.92 bits per heavy atom. The van der Waals surface area contributed by atoms with Gasteiger partial charge in [-0.1, -0.05) is 6.92 Å². The van der Waals surface area contributed by atoms with Gasteiger partial charge in [-0.05, 0) is 79.1 Å². The number of ether oxygens (including phenoxy) is 2. The molecule has 26 heavy (non-hydrogen) atoms. The number of esters is 1. The van der Waals surface area contributed by atoms with Crippen LogP contribution in [0.4, 0.5) is 0 Å². The van der Waals surface area contributed by atoms with Crippen molar-refractivity contribution in [1.82, 2.24) is 0 Å². The number of fused-ring (bicyclic) bond motifs is 4. The first kappa shape index (κ1) is 17.1. The van der Waals surface area contributed by atoms with Crippen molar-refractivity contribution < 1.29 is 19.4 Å². The summed E-state index contributed by atoms with van der Waals surface area (Å²) in [5.41, 5.74) is 1.42. The van der Waals surface area contributed by atoms with Crippen LogP contribution >= 0.6 is 0 Å². The maximum atomic E-state index is 11.4. The molecule has 144 valence electrons. The molecule has 1 spiro atoms. The van der Waals surface area contributed by atoms with Gasteiger partial charge >= 0.3 is 5.97 Å². The Bertz CT molecular complexity index is 669. The highest BCUT2D eigenvalue weighted by Gasteiger charge is 2.66. The molecule has 4 aliphatic carbocycles. The van der Waals surface area contributed by atoms with E-state index < -0.39 is 5.60 Å². The summed E-state index contributed by atoms with van der Waals surface area (Å²) in [6.45, 7) is 5.05. The van der Waals surface area contributed by atoms with Crippen LogP contribution in [0.5, 0.6) is 0 Å². The van der Waals surface area contributed by atoms with Gasteiger partial charge < -0.3 is 14.6 Å². The molecule has 1 N–H and O–H groups in total. The molecule has 3 unspecified atom stereocenters. The van der Waals surface area contributed by atoms with Gasteiger partial charge in [0.15, 0.2) is 0 Å². The lowest BCUT2D eigenvalue weighted by atomic mass is 9.45. The van der Waals surface area contributed by atoms with Crippen LogP contribution < -0.4 is 0 Å². The van der Waals surface area contributed by atoms with Gasteiger partial charge in [-0.2, -0.15) is 0 Å². The van der Waals surface area contributed by atoms with Crippen molar-refractivity contribution in [2.24, 2.45) is 28.6 Å². The van der Waals surface area contributed by atoms with Crippen LogP contribution in [0.1, 0.15) is 71.6 Å². The Balaban J connectivity index is 1.45. The van der Waals surface area contributed by atoms with Crippen molar-refractivity contribution in [3.05, 3.63) is 11.3 Å². The molecule has 5 aliphatic rings. The summed E-state index contributed by atoms with van der Waals surface area (Å²) in [5, 5.41) is 11.4. The highest BCUT2D eigenvalue weighted by molar-refractivity contribution is 5.66. The van der Waals surface area contributed by atoms with Crippen LogP contribution in [0, 0.1) is 28.6 Å². The molecule has 0 radical (unpaired) electrons. The smallest absolute Gasteiger partial charge is 0.302 e. The van der Waals surface area contributed by atoms with E-state index in [-0.39, 0.29) is 18.0 Å². The van der Waals surface area contributed by atoms with Crippen LogP contribution in [-0.4, -0.2) is 29.9 Å². The fraction of sp³-hybridized carbons (Fsp3) is 0.864. The van der Waals surface area contributed by atoms with Gasteiger partial charge in [0, 0.05) is 19.8 Å². The Hall–Kier alpha value is -1.03. The zero-order chi connectivity index (χ0) is 18.2. The maximum Gasteiger partial charge on any atom is 0.302 e. The third-order valence-corrected chi connectivity index (χ3v) is 8.98. The van der Waals surface area contributed by atoms with Gasteiger partial charge in [-0.15, -0.1) is 0 Å². The lowest BCUT2D eigenvalue weighted by molar-refractivity contribution is -0.151. The third-order valence-electron chi connectivity index (χ3n) is 8.98. The highest BCUT2D eigenvalue weighted by Crippen LogP contribution is 2.71. The SMILES string of the molecule is CC(=O)OC[C@@]1(O)C[C@@]23CCC4C5=C(CC[C@@]4(C)C2CCC1C3)OCC5. The maximum absolute atomic E-state index is 11.4. The Labute approximate surface area is 156 Å². The fourth-order valence-electron chi connectivity index (χ4n) is 8.03. The van der Waals surface area contributed by atoms with Gasteiger partial charge in [-0.3, -0.25) is 4.79 Å². The molecule has 3 saturated carbocycles. The molecule has 0 aromatic heterocycles. The average Bonchev–Trinajstić information content (AvgIpc) is 3.14. The van der Waals surface area contributed by atoms with Gasteiger partial charge in [-0.25, -0.2) is 0 Å². The molecule has 5 rings (SSSR count). The predicted octanol–water partition coefficient (Wildman–Crippen LogP) is 3.97. The Morgan fingerprint density at radius 1 is 1.27 bits per heavy atom. The molecule has 2 bridgehead atoms. The second kappa shape index (κ2) is 5.50. The minimum atomic E-state index is -0.806. The largest absolute Gasteiger partial charge is 0.498 e. The summed E-state index contributed by atoms with van der Waals surface area (Å²) in [4.78, 5) is 11.3. The summed E-state index contributed by atoms with van der Waals surface area (Å²) in [6, 6.07) is 0. The molecular weight excluding hydrogens is 328 g/mol.